The fourth-order valence-electron chi connectivity index (χ4n) is 4.94. The topological polar surface area (TPSA) is 134 Å². The molecule has 5 rings (SSSR count). The number of likely N-dealkylation sites (tertiary alicyclic amines) is 1. The molecule has 0 radical (unpaired) electrons. The van der Waals surface area contributed by atoms with Crippen LogP contribution in [0.4, 0.5) is 0 Å². The van der Waals surface area contributed by atoms with Crippen molar-refractivity contribution in [3.05, 3.63) is 71.8 Å². The van der Waals surface area contributed by atoms with E-state index in [1.54, 1.807) is 21.8 Å². The normalized spacial score (nSPS) is 16.0. The van der Waals surface area contributed by atoms with E-state index in [1.807, 2.05) is 50.4 Å². The number of aliphatic imine (C=N–C) groups is 1. The first-order valence-electron chi connectivity index (χ1n) is 12.5. The molecule has 1 aliphatic rings. The number of hydrogen-bond donors (Lipinski definition) is 1. The molecule has 4 aromatic rings. The van der Waals surface area contributed by atoms with Gasteiger partial charge in [-0.25, -0.2) is 4.52 Å². The molecular formula is C28H28N8O2. The third-order valence-electron chi connectivity index (χ3n) is 6.91. The van der Waals surface area contributed by atoms with Gasteiger partial charge in [-0.15, -0.1) is 0 Å². The van der Waals surface area contributed by atoms with E-state index in [9.17, 15) is 10.1 Å². The number of carbonyl (C=O) groups is 1. The second kappa shape index (κ2) is 10.7. The van der Waals surface area contributed by atoms with E-state index >= 15 is 0 Å². The van der Waals surface area contributed by atoms with Crippen LogP contribution in [0.25, 0.3) is 16.3 Å². The average molecular weight is 509 g/mol. The van der Waals surface area contributed by atoms with E-state index in [1.165, 1.54) is 6.20 Å². The molecule has 1 atom stereocenters. The van der Waals surface area contributed by atoms with Gasteiger partial charge in [0, 0.05) is 48.2 Å². The molecule has 38 heavy (non-hydrogen) atoms. The van der Waals surface area contributed by atoms with Crippen LogP contribution < -0.4 is 10.6 Å². The maximum Gasteiger partial charge on any atom is 0.209 e. The largest absolute Gasteiger partial charge is 0.484 e. The molecule has 3 aromatic heterocycles. The molecule has 4 heterocycles. The third kappa shape index (κ3) is 4.78. The van der Waals surface area contributed by atoms with Crippen molar-refractivity contribution in [1.82, 2.24) is 19.5 Å². The number of rotatable bonds is 7. The van der Waals surface area contributed by atoms with Gasteiger partial charge in [-0.2, -0.15) is 15.5 Å². The molecule has 10 heteroatoms. The number of nitriles is 1. The fraction of sp³-hybridized carbons (Fsp3) is 0.286. The minimum atomic E-state index is -0.370. The van der Waals surface area contributed by atoms with Crippen LogP contribution in [0.3, 0.4) is 0 Å². The second-order valence-corrected chi connectivity index (χ2v) is 9.33. The Morgan fingerprint density at radius 2 is 2.05 bits per heavy atom. The average Bonchev–Trinajstić information content (AvgIpc) is 3.37. The Labute approximate surface area is 220 Å². The summed E-state index contributed by atoms with van der Waals surface area (Å²) < 4.78 is 8.10. The van der Waals surface area contributed by atoms with Crippen LogP contribution in [0, 0.1) is 11.3 Å². The van der Waals surface area contributed by atoms with Gasteiger partial charge >= 0.3 is 0 Å². The molecule has 0 spiro atoms. The second-order valence-electron chi connectivity index (χ2n) is 9.33. The number of fused-ring (bicyclic) bond motifs is 2. The van der Waals surface area contributed by atoms with Crippen LogP contribution in [0.5, 0.6) is 5.75 Å². The molecule has 1 saturated heterocycles. The quantitative estimate of drug-likeness (QED) is 0.175. The minimum absolute atomic E-state index is 0.0798. The molecule has 1 aliphatic heterocycles. The van der Waals surface area contributed by atoms with E-state index in [0.29, 0.717) is 46.9 Å². The van der Waals surface area contributed by atoms with Gasteiger partial charge in [-0.3, -0.25) is 14.8 Å². The Morgan fingerprint density at radius 3 is 2.79 bits per heavy atom. The third-order valence-corrected chi connectivity index (χ3v) is 6.91. The number of carbonyl (C=O) groups excluding carboxylic acids is 1. The summed E-state index contributed by atoms with van der Waals surface area (Å²) in [5.41, 5.74) is 3.73. The van der Waals surface area contributed by atoms with Crippen molar-refractivity contribution in [2.24, 2.45) is 15.9 Å². The zero-order valence-corrected chi connectivity index (χ0v) is 21.3. The summed E-state index contributed by atoms with van der Waals surface area (Å²) in [4.78, 5) is 22.0. The van der Waals surface area contributed by atoms with Gasteiger partial charge in [0.05, 0.1) is 18.0 Å². The number of benzene rings is 1. The number of pyridine rings is 2. The molecule has 1 unspecified atom stereocenters. The van der Waals surface area contributed by atoms with Crippen LogP contribution in [-0.4, -0.2) is 56.5 Å². The number of amides is 1. The Bertz CT molecular complexity index is 1590. The Balaban J connectivity index is 1.51. The first-order chi connectivity index (χ1) is 18.5. The molecule has 10 nitrogen and oxygen atoms in total. The van der Waals surface area contributed by atoms with Crippen molar-refractivity contribution < 1.29 is 9.53 Å². The van der Waals surface area contributed by atoms with Gasteiger partial charge in [0.1, 0.15) is 34.7 Å². The first-order valence-corrected chi connectivity index (χ1v) is 12.5. The van der Waals surface area contributed by atoms with Crippen molar-refractivity contribution in [3.63, 3.8) is 0 Å². The number of nitrogens with two attached hydrogens (primary N) is 1. The Hall–Kier alpha value is -4.78. The number of aromatic nitrogens is 3. The molecule has 0 bridgehead atoms. The smallest absolute Gasteiger partial charge is 0.209 e. The lowest BCUT2D eigenvalue weighted by Gasteiger charge is -2.27. The van der Waals surface area contributed by atoms with Crippen LogP contribution >= 0.6 is 0 Å². The molecule has 1 aromatic carbocycles. The summed E-state index contributed by atoms with van der Waals surface area (Å²) in [5.74, 6) is 6.33. The molecule has 2 N–H and O–H groups in total. The predicted octanol–water partition coefficient (Wildman–Crippen LogP) is 3.64. The molecule has 0 saturated carbocycles. The van der Waals surface area contributed by atoms with Gasteiger partial charge in [0.15, 0.2) is 0 Å². The molecule has 1 fully saturated rings. The fourth-order valence-corrected chi connectivity index (χ4v) is 4.94. The zero-order valence-electron chi connectivity index (χ0n) is 21.3. The lowest BCUT2D eigenvalue weighted by Crippen LogP contribution is -2.34. The molecule has 1 amide bonds. The highest BCUT2D eigenvalue weighted by Crippen LogP contribution is 2.32. The summed E-state index contributed by atoms with van der Waals surface area (Å²) in [6, 6.07) is 12.1. The van der Waals surface area contributed by atoms with E-state index in [0.717, 1.165) is 35.6 Å². The van der Waals surface area contributed by atoms with Crippen molar-refractivity contribution in [2.75, 3.05) is 13.1 Å². The number of ether oxygens (including phenoxy) is 1. The van der Waals surface area contributed by atoms with Gasteiger partial charge in [-0.05, 0) is 38.1 Å². The maximum atomic E-state index is 11.0. The van der Waals surface area contributed by atoms with Crippen molar-refractivity contribution in [3.8, 4) is 11.8 Å². The molecule has 0 aliphatic carbocycles. The summed E-state index contributed by atoms with van der Waals surface area (Å²) in [7, 11) is 0. The highest BCUT2D eigenvalue weighted by Gasteiger charge is 2.22. The van der Waals surface area contributed by atoms with Crippen molar-refractivity contribution in [2.45, 2.75) is 38.8 Å². The van der Waals surface area contributed by atoms with Crippen molar-refractivity contribution in [1.29, 1.82) is 5.26 Å². The molecule has 192 valence electrons. The monoisotopic (exact) mass is 508 g/mol. The minimum Gasteiger partial charge on any atom is -0.484 e. The number of nitrogens with zero attached hydrogens (tertiary/aromatic N) is 7. The van der Waals surface area contributed by atoms with Crippen LogP contribution in [0.15, 0.2) is 65.2 Å². The maximum absolute atomic E-state index is 11.0. The van der Waals surface area contributed by atoms with E-state index in [2.05, 4.69) is 21.3 Å². The summed E-state index contributed by atoms with van der Waals surface area (Å²) in [5, 5.41) is 20.2. The summed E-state index contributed by atoms with van der Waals surface area (Å²) in [6.07, 6.45) is 8.98. The Kier molecular flexibility index (Phi) is 7.00. The standard InChI is InChI=1S/C28H28N8O2/c1-18(33-23-7-9-35(17-37)10-8-23)27(34-30)21-11-26(28-22(12-29)14-32-36(28)16-21)38-19(2)25-15-31-13-20-5-3-4-6-24(20)25/h3-6,11,13-17,19,23H,7-10,30H2,1-2H3/b33-18?,34-27+. The van der Waals surface area contributed by atoms with Crippen molar-refractivity contribution >= 4 is 34.1 Å². The molecular weight excluding hydrogens is 480 g/mol. The number of hydrazone groups is 1. The lowest BCUT2D eigenvalue weighted by molar-refractivity contribution is -0.119. The van der Waals surface area contributed by atoms with Gasteiger partial charge in [0.25, 0.3) is 0 Å². The van der Waals surface area contributed by atoms with E-state index < -0.39 is 0 Å². The Morgan fingerprint density at radius 1 is 1.26 bits per heavy atom. The zero-order chi connectivity index (χ0) is 26.6. The van der Waals surface area contributed by atoms with Gasteiger partial charge in [-0.1, -0.05) is 24.3 Å². The predicted molar refractivity (Wildman–Crippen MR) is 145 cm³/mol. The highest BCUT2D eigenvalue weighted by atomic mass is 16.5. The summed E-state index contributed by atoms with van der Waals surface area (Å²) in [6.45, 7) is 5.17. The van der Waals surface area contributed by atoms with Crippen LogP contribution in [0.1, 0.15) is 49.5 Å². The van der Waals surface area contributed by atoms with Gasteiger partial charge < -0.3 is 15.5 Å². The summed E-state index contributed by atoms with van der Waals surface area (Å²) >= 11 is 0. The highest BCUT2D eigenvalue weighted by molar-refractivity contribution is 6.47. The van der Waals surface area contributed by atoms with Crippen LogP contribution in [0.2, 0.25) is 0 Å². The lowest BCUT2D eigenvalue weighted by atomic mass is 10.0. The first kappa shape index (κ1) is 24.9. The van der Waals surface area contributed by atoms with E-state index in [4.69, 9.17) is 15.6 Å². The number of hydrogen-bond acceptors (Lipinski definition) is 8. The van der Waals surface area contributed by atoms with Gasteiger partial charge in [0.2, 0.25) is 6.41 Å². The SMILES string of the molecule is CC(=NC1CCN(C=O)CC1)/C(=N\N)c1cc(OC(C)c2cncc3ccccc23)c2c(C#N)cnn2c1. The van der Waals surface area contributed by atoms with Crippen LogP contribution in [-0.2, 0) is 4.79 Å². The number of piperidine rings is 1. The van der Waals surface area contributed by atoms with E-state index in [-0.39, 0.29) is 12.1 Å².